The number of Topliss-reactive ketones (excluding diaryl/α,β-unsaturated/α-hetero) is 1. The van der Waals surface area contributed by atoms with Gasteiger partial charge in [-0.3, -0.25) is 14.2 Å². The zero-order valence-electron chi connectivity index (χ0n) is 8.14. The van der Waals surface area contributed by atoms with Crippen LogP contribution >= 0.6 is 7.60 Å². The Balaban J connectivity index is 2.85. The van der Waals surface area contributed by atoms with Crippen molar-refractivity contribution in [1.82, 2.24) is 5.32 Å². The van der Waals surface area contributed by atoms with Crippen molar-refractivity contribution in [2.75, 3.05) is 0 Å². The molecule has 1 fully saturated rings. The molecule has 1 unspecified atom stereocenters. The first-order valence-corrected chi connectivity index (χ1v) is 5.95. The number of amides is 1. The molecule has 0 aromatic rings. The average Bonchev–Trinajstić information content (AvgIpc) is 2.48. The molecule has 1 aliphatic heterocycles. The highest BCUT2D eigenvalue weighted by molar-refractivity contribution is 7.54. The first kappa shape index (κ1) is 12.3. The largest absolute Gasteiger partial charge is 0.352 e. The van der Waals surface area contributed by atoms with Crippen molar-refractivity contribution in [1.29, 1.82) is 0 Å². The molecule has 8 heteroatoms. The third-order valence-electron chi connectivity index (χ3n) is 2.42. The molecule has 0 aliphatic carbocycles. The molecule has 0 aromatic carbocycles. The number of ketones is 1. The maximum Gasteiger partial charge on any atom is 0.352 e. The van der Waals surface area contributed by atoms with Gasteiger partial charge >= 0.3 is 7.60 Å². The number of nitrogens with two attached hydrogens (primary N) is 1. The molecule has 0 radical (unpaired) electrons. The van der Waals surface area contributed by atoms with Crippen molar-refractivity contribution < 1.29 is 23.9 Å². The van der Waals surface area contributed by atoms with E-state index in [0.29, 0.717) is 0 Å². The maximum atomic E-state index is 11.6. The molecular weight excluding hydrogens is 223 g/mol. The van der Waals surface area contributed by atoms with Crippen molar-refractivity contribution in [3.05, 3.63) is 0 Å². The predicted molar refractivity (Wildman–Crippen MR) is 50.8 cm³/mol. The van der Waals surface area contributed by atoms with Gasteiger partial charge in [0.05, 0.1) is 6.04 Å². The van der Waals surface area contributed by atoms with Gasteiger partial charge < -0.3 is 20.8 Å². The van der Waals surface area contributed by atoms with Crippen LogP contribution in [0.1, 0.15) is 19.8 Å². The van der Waals surface area contributed by atoms with Gasteiger partial charge in [-0.25, -0.2) is 0 Å². The van der Waals surface area contributed by atoms with Gasteiger partial charge in [-0.05, 0) is 13.3 Å². The third-order valence-corrected chi connectivity index (χ3v) is 3.85. The summed E-state index contributed by atoms with van der Waals surface area (Å²) < 4.78 is 11.0. The second kappa shape index (κ2) is 3.68. The van der Waals surface area contributed by atoms with Crippen LogP contribution in [0.15, 0.2) is 0 Å². The fourth-order valence-corrected chi connectivity index (χ4v) is 1.75. The van der Waals surface area contributed by atoms with Crippen molar-refractivity contribution in [3.8, 4) is 0 Å². The van der Waals surface area contributed by atoms with Crippen LogP contribution in [0.4, 0.5) is 0 Å². The molecule has 1 saturated heterocycles. The molecule has 0 aromatic heterocycles. The normalized spacial score (nSPS) is 25.9. The van der Waals surface area contributed by atoms with Crippen LogP contribution in [0.3, 0.4) is 0 Å². The molecule has 1 heterocycles. The minimum Gasteiger partial charge on any atom is -0.346 e. The minimum absolute atomic E-state index is 0.174. The summed E-state index contributed by atoms with van der Waals surface area (Å²) in [5.41, 5.74) is 5.30. The minimum atomic E-state index is -4.72. The van der Waals surface area contributed by atoms with Crippen LogP contribution in [0.2, 0.25) is 0 Å². The molecule has 7 nitrogen and oxygen atoms in total. The molecule has 15 heavy (non-hydrogen) atoms. The molecule has 86 valence electrons. The number of carbonyl (C=O) groups excluding carboxylic acids is 2. The summed E-state index contributed by atoms with van der Waals surface area (Å²) in [7, 11) is -4.72. The zero-order chi connectivity index (χ0) is 11.9. The zero-order valence-corrected chi connectivity index (χ0v) is 9.03. The van der Waals surface area contributed by atoms with Crippen molar-refractivity contribution >= 4 is 19.3 Å². The van der Waals surface area contributed by atoms with E-state index in [2.05, 4.69) is 5.32 Å². The van der Waals surface area contributed by atoms with E-state index >= 15 is 0 Å². The van der Waals surface area contributed by atoms with Gasteiger partial charge in [-0.15, -0.1) is 0 Å². The van der Waals surface area contributed by atoms with E-state index in [-0.39, 0.29) is 18.7 Å². The lowest BCUT2D eigenvalue weighted by atomic mass is 10.1. The lowest BCUT2D eigenvalue weighted by Crippen LogP contribution is -2.52. The predicted octanol–water partition coefficient (Wildman–Crippen LogP) is -1.31. The molecule has 1 rings (SSSR count). The van der Waals surface area contributed by atoms with E-state index in [0.717, 1.165) is 6.92 Å². The smallest absolute Gasteiger partial charge is 0.346 e. The summed E-state index contributed by atoms with van der Waals surface area (Å²) in [5, 5.41) is 0.0792. The summed E-state index contributed by atoms with van der Waals surface area (Å²) in [6.07, 6.45) is 0.401. The monoisotopic (exact) mass is 236 g/mol. The Hall–Kier alpha value is -0.750. The van der Waals surface area contributed by atoms with E-state index in [9.17, 15) is 14.2 Å². The van der Waals surface area contributed by atoms with Crippen LogP contribution in [0.25, 0.3) is 0 Å². The summed E-state index contributed by atoms with van der Waals surface area (Å²) in [4.78, 5) is 40.3. The van der Waals surface area contributed by atoms with Gasteiger partial charge in [0.2, 0.25) is 5.91 Å². The molecule has 5 N–H and O–H groups in total. The molecule has 1 amide bonds. The third kappa shape index (κ3) is 2.26. The number of nitrogens with one attached hydrogen (secondary N) is 1. The Labute approximate surface area is 86.2 Å². The number of rotatable bonds is 3. The summed E-state index contributed by atoms with van der Waals surface area (Å²) in [5.74, 6) is -1.14. The molecule has 0 bridgehead atoms. The molecular formula is C7H13N2O5P. The Kier molecular flexibility index (Phi) is 3.02. The second-order valence-corrected chi connectivity index (χ2v) is 5.73. The SMILES string of the molecule is CC(N)(C(=O)[C@@H]1CCC(=O)N1)P(=O)(O)O. The van der Waals surface area contributed by atoms with E-state index in [4.69, 9.17) is 15.5 Å². The Bertz CT molecular complexity index is 347. The number of hydrogen-bond donors (Lipinski definition) is 4. The van der Waals surface area contributed by atoms with Crippen LogP contribution in [-0.4, -0.2) is 32.8 Å². The highest BCUT2D eigenvalue weighted by atomic mass is 31.2. The lowest BCUT2D eigenvalue weighted by Gasteiger charge is -2.26. The van der Waals surface area contributed by atoms with Crippen LogP contribution in [0.5, 0.6) is 0 Å². The molecule has 0 spiro atoms. The highest BCUT2D eigenvalue weighted by Gasteiger charge is 2.49. The fraction of sp³-hybridized carbons (Fsp3) is 0.714. The van der Waals surface area contributed by atoms with Gasteiger partial charge in [-0.1, -0.05) is 0 Å². The first-order valence-electron chi connectivity index (χ1n) is 4.34. The average molecular weight is 236 g/mol. The van der Waals surface area contributed by atoms with E-state index in [1.165, 1.54) is 0 Å². The van der Waals surface area contributed by atoms with Crippen LogP contribution < -0.4 is 11.1 Å². The van der Waals surface area contributed by atoms with Gasteiger partial charge in [0, 0.05) is 6.42 Å². The Morgan fingerprint density at radius 1 is 1.67 bits per heavy atom. The van der Waals surface area contributed by atoms with E-state index < -0.39 is 24.7 Å². The van der Waals surface area contributed by atoms with Crippen LogP contribution in [0, 0.1) is 0 Å². The highest BCUT2D eigenvalue weighted by Crippen LogP contribution is 2.48. The standard InChI is InChI=1S/C7H13N2O5P/c1-7(8,15(12,13)14)6(11)4-2-3-5(10)9-4/h4H,2-3,8H2,1H3,(H,9,10)(H2,12,13,14)/t4-,7?/m0/s1. The maximum absolute atomic E-state index is 11.6. The summed E-state index contributed by atoms with van der Waals surface area (Å²) in [6, 6.07) is -0.889. The number of hydrogen-bond acceptors (Lipinski definition) is 4. The van der Waals surface area contributed by atoms with Crippen molar-refractivity contribution in [3.63, 3.8) is 0 Å². The molecule has 2 atom stereocenters. The molecule has 0 saturated carbocycles. The van der Waals surface area contributed by atoms with E-state index in [1.54, 1.807) is 0 Å². The van der Waals surface area contributed by atoms with Crippen molar-refractivity contribution in [2.24, 2.45) is 5.73 Å². The van der Waals surface area contributed by atoms with Gasteiger partial charge in [0.1, 0.15) is 0 Å². The van der Waals surface area contributed by atoms with E-state index in [1.807, 2.05) is 0 Å². The second-order valence-electron chi connectivity index (χ2n) is 3.71. The summed E-state index contributed by atoms with van der Waals surface area (Å²) in [6.45, 7) is 0.973. The topological polar surface area (TPSA) is 130 Å². The van der Waals surface area contributed by atoms with Crippen molar-refractivity contribution in [2.45, 2.75) is 31.1 Å². The quantitative estimate of drug-likeness (QED) is 0.450. The van der Waals surface area contributed by atoms with Gasteiger partial charge in [-0.2, -0.15) is 0 Å². The molecule has 1 aliphatic rings. The fourth-order valence-electron chi connectivity index (χ4n) is 1.31. The Morgan fingerprint density at radius 3 is 2.53 bits per heavy atom. The van der Waals surface area contributed by atoms with Crippen LogP contribution in [-0.2, 0) is 14.2 Å². The first-order chi connectivity index (χ1) is 6.66. The summed E-state index contributed by atoms with van der Waals surface area (Å²) >= 11 is 0. The van der Waals surface area contributed by atoms with Gasteiger partial charge in [0.25, 0.3) is 0 Å². The lowest BCUT2D eigenvalue weighted by molar-refractivity contribution is -0.126. The van der Waals surface area contributed by atoms with Gasteiger partial charge in [0.15, 0.2) is 11.1 Å². The Morgan fingerprint density at radius 2 is 2.20 bits per heavy atom. The number of carbonyl (C=O) groups is 2.